The standard InChI is InChI=1S/C32H30ClF3N2O3S/c1-37-23-12-14-24(15-13-23)38(31(40)29-28(33)25-5-3-4-6-27(25)42-29)18-22-17-21(11-16-26(22)41-2)19-7-9-20(10-8-19)30(39)32(34,35)36/h3-11,16-17,23-24,37H,12-15,18H2,1-2H3/t23-,24+. The number of carbonyl (C=O) groups excluding carboxylic acids is 2. The third kappa shape index (κ3) is 6.19. The molecule has 1 aromatic heterocycles. The SMILES string of the molecule is CN[C@H]1CC[C@@H](N(Cc2cc(-c3ccc(C(=O)C(F)(F)F)cc3)ccc2OC)C(=O)c2sc3ccccc3c2Cl)CC1. The topological polar surface area (TPSA) is 58.6 Å². The van der Waals surface area contributed by atoms with Crippen molar-refractivity contribution < 1.29 is 27.5 Å². The number of fused-ring (bicyclic) bond motifs is 1. The zero-order chi connectivity index (χ0) is 30.0. The zero-order valence-corrected chi connectivity index (χ0v) is 24.7. The van der Waals surface area contributed by atoms with Gasteiger partial charge in [-0.15, -0.1) is 11.3 Å². The fraction of sp³-hybridized carbons (Fsp3) is 0.312. The number of nitrogens with one attached hydrogen (secondary N) is 1. The summed E-state index contributed by atoms with van der Waals surface area (Å²) in [6.45, 7) is 0.264. The molecule has 0 aliphatic heterocycles. The minimum absolute atomic E-state index is 0.00981. The van der Waals surface area contributed by atoms with Crippen LogP contribution in [-0.4, -0.2) is 49.0 Å². The molecular formula is C32H30ClF3N2O3S. The highest BCUT2D eigenvalue weighted by Gasteiger charge is 2.39. The van der Waals surface area contributed by atoms with Crippen LogP contribution in [-0.2, 0) is 6.54 Å². The first-order valence-corrected chi connectivity index (χ1v) is 14.8. The highest BCUT2D eigenvalue weighted by atomic mass is 35.5. The number of amides is 1. The smallest absolute Gasteiger partial charge is 0.454 e. The predicted octanol–water partition coefficient (Wildman–Crippen LogP) is 8.15. The van der Waals surface area contributed by atoms with E-state index in [4.69, 9.17) is 16.3 Å². The molecule has 0 unspecified atom stereocenters. The van der Waals surface area contributed by atoms with Gasteiger partial charge in [0.05, 0.1) is 12.1 Å². The van der Waals surface area contributed by atoms with Gasteiger partial charge in [-0.2, -0.15) is 13.2 Å². The number of ether oxygens (including phenoxy) is 1. The maximum Gasteiger partial charge on any atom is 0.454 e. The van der Waals surface area contributed by atoms with Gasteiger partial charge >= 0.3 is 6.18 Å². The van der Waals surface area contributed by atoms with Gasteiger partial charge in [-0.05, 0) is 62.1 Å². The Labute approximate surface area is 251 Å². The quantitative estimate of drug-likeness (QED) is 0.204. The number of carbonyl (C=O) groups is 2. The number of ketones is 1. The molecule has 3 aromatic carbocycles. The summed E-state index contributed by atoms with van der Waals surface area (Å²) in [7, 11) is 3.51. The van der Waals surface area contributed by atoms with Crippen molar-refractivity contribution in [3.8, 4) is 16.9 Å². The Morgan fingerprint density at radius 3 is 2.29 bits per heavy atom. The number of rotatable bonds is 8. The third-order valence-corrected chi connectivity index (χ3v) is 9.56. The van der Waals surface area contributed by atoms with Crippen molar-refractivity contribution in [3.05, 3.63) is 87.8 Å². The summed E-state index contributed by atoms with van der Waals surface area (Å²) in [5.74, 6) is -1.44. The molecule has 1 N–H and O–H groups in total. The van der Waals surface area contributed by atoms with Gasteiger partial charge in [0.25, 0.3) is 11.7 Å². The summed E-state index contributed by atoms with van der Waals surface area (Å²) in [4.78, 5) is 28.2. The number of benzene rings is 3. The first kappa shape index (κ1) is 30.1. The molecule has 220 valence electrons. The van der Waals surface area contributed by atoms with Crippen LogP contribution < -0.4 is 10.1 Å². The van der Waals surface area contributed by atoms with E-state index in [0.717, 1.165) is 46.9 Å². The maximum absolute atomic E-state index is 14.2. The molecule has 4 aromatic rings. The summed E-state index contributed by atoms with van der Waals surface area (Å²) >= 11 is 8.13. The van der Waals surface area contributed by atoms with Crippen LogP contribution in [0.4, 0.5) is 13.2 Å². The second-order valence-electron chi connectivity index (χ2n) is 10.4. The van der Waals surface area contributed by atoms with Gasteiger partial charge in [0.15, 0.2) is 0 Å². The molecule has 5 nitrogen and oxygen atoms in total. The highest BCUT2D eigenvalue weighted by molar-refractivity contribution is 7.21. The Balaban J connectivity index is 1.49. The van der Waals surface area contributed by atoms with Crippen LogP contribution in [0.2, 0.25) is 5.02 Å². The van der Waals surface area contributed by atoms with Crippen molar-refractivity contribution >= 4 is 44.7 Å². The van der Waals surface area contributed by atoms with Gasteiger partial charge in [-0.3, -0.25) is 9.59 Å². The molecule has 1 fully saturated rings. The average molecular weight is 615 g/mol. The fourth-order valence-electron chi connectivity index (χ4n) is 5.57. The largest absolute Gasteiger partial charge is 0.496 e. The van der Waals surface area contributed by atoms with Crippen LogP contribution in [0.1, 0.15) is 51.3 Å². The first-order valence-electron chi connectivity index (χ1n) is 13.6. The average Bonchev–Trinajstić information content (AvgIpc) is 3.35. The normalized spacial score (nSPS) is 17.3. The van der Waals surface area contributed by atoms with Crippen LogP contribution >= 0.6 is 22.9 Å². The van der Waals surface area contributed by atoms with E-state index in [-0.39, 0.29) is 18.5 Å². The van der Waals surface area contributed by atoms with Crippen LogP contribution in [0.15, 0.2) is 66.7 Å². The summed E-state index contributed by atoms with van der Waals surface area (Å²) in [6, 6.07) is 18.9. The summed E-state index contributed by atoms with van der Waals surface area (Å²) in [5.41, 5.74) is 1.70. The number of hydrogen-bond donors (Lipinski definition) is 1. The van der Waals surface area contributed by atoms with Crippen molar-refractivity contribution in [2.75, 3.05) is 14.2 Å². The van der Waals surface area contributed by atoms with Crippen LogP contribution in [0, 0.1) is 0 Å². The van der Waals surface area contributed by atoms with E-state index < -0.39 is 17.5 Å². The van der Waals surface area contributed by atoms with Crippen LogP contribution in [0.25, 0.3) is 21.2 Å². The van der Waals surface area contributed by atoms with Crippen molar-refractivity contribution in [1.82, 2.24) is 10.2 Å². The molecule has 42 heavy (non-hydrogen) atoms. The van der Waals surface area contributed by atoms with E-state index in [0.29, 0.717) is 27.3 Å². The van der Waals surface area contributed by atoms with Crippen molar-refractivity contribution in [2.24, 2.45) is 0 Å². The van der Waals surface area contributed by atoms with Crippen LogP contribution in [0.3, 0.4) is 0 Å². The molecule has 1 heterocycles. The van der Waals surface area contributed by atoms with Gasteiger partial charge in [0.2, 0.25) is 0 Å². The lowest BCUT2D eigenvalue weighted by Crippen LogP contribution is -2.44. The number of methoxy groups -OCH3 is 1. The molecule has 1 saturated carbocycles. The molecule has 1 aliphatic carbocycles. The second kappa shape index (κ2) is 12.5. The van der Waals surface area contributed by atoms with Gasteiger partial charge in [-0.25, -0.2) is 0 Å². The molecule has 10 heteroatoms. The zero-order valence-electron chi connectivity index (χ0n) is 23.1. The Kier molecular flexibility index (Phi) is 8.92. The lowest BCUT2D eigenvalue weighted by molar-refractivity contribution is -0.0885. The maximum atomic E-state index is 14.2. The number of halogens is 4. The van der Waals surface area contributed by atoms with E-state index in [9.17, 15) is 22.8 Å². The van der Waals surface area contributed by atoms with Gasteiger partial charge in [0, 0.05) is 39.8 Å². The monoisotopic (exact) mass is 614 g/mol. The summed E-state index contributed by atoms with van der Waals surface area (Å²) in [6.07, 6.45) is -1.40. The number of alkyl halides is 3. The van der Waals surface area contributed by atoms with E-state index >= 15 is 0 Å². The second-order valence-corrected chi connectivity index (χ2v) is 11.8. The van der Waals surface area contributed by atoms with E-state index in [1.807, 2.05) is 42.3 Å². The third-order valence-electron chi connectivity index (χ3n) is 7.89. The molecule has 0 radical (unpaired) electrons. The highest BCUT2D eigenvalue weighted by Crippen LogP contribution is 2.38. The Morgan fingerprint density at radius 2 is 1.67 bits per heavy atom. The van der Waals surface area contributed by atoms with Gasteiger partial charge < -0.3 is 15.0 Å². The number of nitrogens with zero attached hydrogens (tertiary/aromatic N) is 1. The number of hydrogen-bond acceptors (Lipinski definition) is 5. The molecule has 0 saturated heterocycles. The lowest BCUT2D eigenvalue weighted by Gasteiger charge is -2.37. The van der Waals surface area contributed by atoms with Crippen molar-refractivity contribution in [1.29, 1.82) is 0 Å². The molecule has 1 aliphatic rings. The number of Topliss-reactive ketones (excluding diaryl/α,β-unsaturated/α-hetero) is 1. The molecule has 1 amide bonds. The van der Waals surface area contributed by atoms with Crippen molar-refractivity contribution in [2.45, 2.75) is 50.5 Å². The molecule has 0 atom stereocenters. The summed E-state index contributed by atoms with van der Waals surface area (Å²) in [5, 5.41) is 4.63. The minimum atomic E-state index is -4.94. The van der Waals surface area contributed by atoms with Gasteiger partial charge in [0.1, 0.15) is 10.6 Å². The Morgan fingerprint density at radius 1 is 1.00 bits per heavy atom. The Bertz CT molecular complexity index is 1600. The fourth-order valence-corrected chi connectivity index (χ4v) is 7.04. The predicted molar refractivity (Wildman–Crippen MR) is 161 cm³/mol. The molecule has 0 bridgehead atoms. The lowest BCUT2D eigenvalue weighted by atomic mass is 9.89. The number of thiophene rings is 1. The minimum Gasteiger partial charge on any atom is -0.496 e. The Hall–Kier alpha value is -3.40. The van der Waals surface area contributed by atoms with Crippen molar-refractivity contribution in [3.63, 3.8) is 0 Å². The van der Waals surface area contributed by atoms with Gasteiger partial charge in [-0.1, -0.05) is 60.1 Å². The molecule has 5 rings (SSSR count). The summed E-state index contributed by atoms with van der Waals surface area (Å²) < 4.78 is 45.2. The molecular weight excluding hydrogens is 585 g/mol. The van der Waals surface area contributed by atoms with E-state index in [1.165, 1.54) is 35.6 Å². The van der Waals surface area contributed by atoms with Crippen LogP contribution in [0.5, 0.6) is 5.75 Å². The van der Waals surface area contributed by atoms with E-state index in [1.54, 1.807) is 19.2 Å². The first-order chi connectivity index (χ1) is 20.1. The van der Waals surface area contributed by atoms with E-state index in [2.05, 4.69) is 5.32 Å². The molecule has 0 spiro atoms.